The normalized spacial score (nSPS) is 14.0. The van der Waals surface area contributed by atoms with E-state index in [1.807, 2.05) is 0 Å². The fourth-order valence-corrected chi connectivity index (χ4v) is 6.91. The molecule has 10 nitrogen and oxygen atoms in total. The highest BCUT2D eigenvalue weighted by molar-refractivity contribution is 7.47. The summed E-state index contributed by atoms with van der Waals surface area (Å²) in [5.41, 5.74) is 5.35. The number of carboxylic acid groups (broad SMARTS) is 1. The van der Waals surface area contributed by atoms with Gasteiger partial charge in [-0.25, -0.2) is 4.57 Å². The van der Waals surface area contributed by atoms with Gasteiger partial charge < -0.3 is 25.2 Å². The lowest BCUT2D eigenvalue weighted by atomic mass is 10.0. The zero-order chi connectivity index (χ0) is 39.1. The van der Waals surface area contributed by atoms with Crippen molar-refractivity contribution in [3.8, 4) is 0 Å². The van der Waals surface area contributed by atoms with Gasteiger partial charge in [0.15, 0.2) is 0 Å². The van der Waals surface area contributed by atoms with Gasteiger partial charge in [0.1, 0.15) is 12.1 Å². The van der Waals surface area contributed by atoms with Crippen molar-refractivity contribution >= 4 is 19.8 Å². The molecule has 0 fully saturated rings. The molecule has 3 atom stereocenters. The summed E-state index contributed by atoms with van der Waals surface area (Å²) in [4.78, 5) is 33.5. The molecule has 314 valence electrons. The molecule has 0 heterocycles. The highest BCUT2D eigenvalue weighted by atomic mass is 31.2. The van der Waals surface area contributed by atoms with Gasteiger partial charge in [0.25, 0.3) is 0 Å². The summed E-state index contributed by atoms with van der Waals surface area (Å²) in [6.07, 6.45) is 39.8. The van der Waals surface area contributed by atoms with Crippen molar-refractivity contribution in [3.63, 3.8) is 0 Å². The predicted molar refractivity (Wildman–Crippen MR) is 217 cm³/mol. The van der Waals surface area contributed by atoms with Gasteiger partial charge in [-0.15, -0.1) is 0 Å². The lowest BCUT2D eigenvalue weighted by Crippen LogP contribution is -2.34. The van der Waals surface area contributed by atoms with Gasteiger partial charge in [-0.3, -0.25) is 18.6 Å². The number of carboxylic acids is 1. The molecule has 0 aliphatic rings. The predicted octanol–water partition coefficient (Wildman–Crippen LogP) is 11.8. The number of phosphoric acid groups is 1. The van der Waals surface area contributed by atoms with E-state index in [1.54, 1.807) is 0 Å². The number of hydrogen-bond donors (Lipinski definition) is 3. The monoisotopic (exact) mass is 776 g/mol. The summed E-state index contributed by atoms with van der Waals surface area (Å²) >= 11 is 0. The summed E-state index contributed by atoms with van der Waals surface area (Å²) in [5, 5.41) is 8.88. The topological polar surface area (TPSA) is 155 Å². The average molecular weight is 776 g/mol. The Morgan fingerprint density at radius 1 is 0.585 bits per heavy atom. The largest absolute Gasteiger partial charge is 0.480 e. The SMILES string of the molecule is CCCCCCCCC/C=C\CCCCCCCCCCOCC(COP(=O)(O)OCC(N)C(=O)O)OC(=O)CCCCCCCCCCCCCC. The summed E-state index contributed by atoms with van der Waals surface area (Å²) in [5.74, 6) is -1.77. The van der Waals surface area contributed by atoms with Crippen LogP contribution in [0, 0.1) is 0 Å². The Bertz CT molecular complexity index is 904. The van der Waals surface area contributed by atoms with E-state index in [1.165, 1.54) is 148 Å². The average Bonchev–Trinajstić information content (AvgIpc) is 3.13. The van der Waals surface area contributed by atoms with Crippen molar-refractivity contribution in [2.75, 3.05) is 26.4 Å². The first kappa shape index (κ1) is 51.7. The smallest absolute Gasteiger partial charge is 0.472 e. The number of rotatable bonds is 42. The molecule has 0 radical (unpaired) electrons. The Balaban J connectivity index is 4.18. The molecule has 11 heteroatoms. The van der Waals surface area contributed by atoms with Crippen LogP contribution in [0.4, 0.5) is 0 Å². The van der Waals surface area contributed by atoms with Gasteiger partial charge in [0.05, 0.1) is 19.8 Å². The Kier molecular flexibility index (Phi) is 38.0. The first-order valence-electron chi connectivity index (χ1n) is 21.7. The Morgan fingerprint density at radius 2 is 0.981 bits per heavy atom. The lowest BCUT2D eigenvalue weighted by Gasteiger charge is -2.20. The molecular weight excluding hydrogens is 693 g/mol. The van der Waals surface area contributed by atoms with Gasteiger partial charge >= 0.3 is 19.8 Å². The first-order chi connectivity index (χ1) is 25.7. The Labute approximate surface area is 324 Å². The zero-order valence-corrected chi connectivity index (χ0v) is 35.0. The molecule has 0 saturated carbocycles. The summed E-state index contributed by atoms with van der Waals surface area (Å²) in [7, 11) is -4.61. The van der Waals surface area contributed by atoms with Crippen LogP contribution in [0.5, 0.6) is 0 Å². The molecule has 0 amide bonds. The maximum Gasteiger partial charge on any atom is 0.472 e. The van der Waals surface area contributed by atoms with Crippen LogP contribution >= 0.6 is 7.82 Å². The molecular formula is C42H82NO9P. The molecule has 0 aliphatic heterocycles. The Morgan fingerprint density at radius 3 is 1.43 bits per heavy atom. The summed E-state index contributed by atoms with van der Waals surface area (Å²) in [6, 6.07) is -1.47. The molecule has 3 unspecified atom stereocenters. The second-order valence-corrected chi connectivity index (χ2v) is 16.3. The van der Waals surface area contributed by atoms with Gasteiger partial charge in [-0.05, 0) is 38.5 Å². The summed E-state index contributed by atoms with van der Waals surface area (Å²) in [6.45, 7) is 3.89. The summed E-state index contributed by atoms with van der Waals surface area (Å²) < 4.78 is 33.3. The fraction of sp³-hybridized carbons (Fsp3) is 0.905. The number of hydrogen-bond acceptors (Lipinski definition) is 8. The van der Waals surface area contributed by atoms with Crippen LogP contribution in [-0.2, 0) is 32.7 Å². The van der Waals surface area contributed by atoms with Crippen LogP contribution in [0.25, 0.3) is 0 Å². The van der Waals surface area contributed by atoms with E-state index in [4.69, 9.17) is 29.4 Å². The molecule has 0 rings (SSSR count). The van der Waals surface area contributed by atoms with Crippen molar-refractivity contribution in [1.82, 2.24) is 0 Å². The number of phosphoric ester groups is 1. The minimum Gasteiger partial charge on any atom is -0.480 e. The number of aliphatic carboxylic acids is 1. The number of allylic oxidation sites excluding steroid dienone is 2. The van der Waals surface area contributed by atoms with E-state index in [0.717, 1.165) is 38.5 Å². The number of esters is 1. The molecule has 0 bridgehead atoms. The zero-order valence-electron chi connectivity index (χ0n) is 34.1. The molecule has 0 aromatic rings. The van der Waals surface area contributed by atoms with Gasteiger partial charge in [-0.2, -0.15) is 0 Å². The second kappa shape index (κ2) is 39.0. The number of ether oxygens (including phenoxy) is 2. The molecule has 0 saturated heterocycles. The van der Waals surface area contributed by atoms with Crippen LogP contribution in [0.2, 0.25) is 0 Å². The standard InChI is InChI=1S/C42H82NO9P/c1-3-5-7-9-11-13-15-17-18-19-20-21-22-23-25-27-29-31-33-35-49-36-39(37-50-53(47,48)51-38-40(43)42(45)46)52-41(44)34-32-30-28-26-24-16-14-12-10-8-6-4-2/h18-19,39-40H,3-17,20-38,43H2,1-2H3,(H,45,46)(H,47,48)/b19-18-. The van der Waals surface area contributed by atoms with E-state index in [9.17, 15) is 19.0 Å². The molecule has 0 aromatic carbocycles. The van der Waals surface area contributed by atoms with Gasteiger partial charge in [0, 0.05) is 13.0 Å². The number of nitrogens with two attached hydrogens (primary N) is 1. The van der Waals surface area contributed by atoms with E-state index in [-0.39, 0.29) is 13.0 Å². The van der Waals surface area contributed by atoms with Crippen LogP contribution in [0.1, 0.15) is 206 Å². The van der Waals surface area contributed by atoms with Crippen LogP contribution in [0.15, 0.2) is 12.2 Å². The third-order valence-electron chi connectivity index (χ3n) is 9.54. The lowest BCUT2D eigenvalue weighted by molar-refractivity contribution is -0.154. The van der Waals surface area contributed by atoms with E-state index in [0.29, 0.717) is 6.61 Å². The third-order valence-corrected chi connectivity index (χ3v) is 10.5. The third kappa shape index (κ3) is 38.8. The minimum atomic E-state index is -4.61. The highest BCUT2D eigenvalue weighted by Crippen LogP contribution is 2.43. The van der Waals surface area contributed by atoms with Crippen molar-refractivity contribution in [3.05, 3.63) is 12.2 Å². The fourth-order valence-electron chi connectivity index (χ4n) is 6.13. The van der Waals surface area contributed by atoms with Crippen LogP contribution in [0.3, 0.4) is 0 Å². The Hall–Kier alpha value is -1.29. The van der Waals surface area contributed by atoms with Gasteiger partial charge in [-0.1, -0.05) is 174 Å². The molecule has 0 aromatic heterocycles. The van der Waals surface area contributed by atoms with Crippen molar-refractivity contribution < 1.29 is 42.7 Å². The molecule has 0 spiro atoms. The molecule has 4 N–H and O–H groups in total. The van der Waals surface area contributed by atoms with E-state index in [2.05, 4.69) is 26.0 Å². The van der Waals surface area contributed by atoms with Crippen molar-refractivity contribution in [2.24, 2.45) is 5.73 Å². The number of unbranched alkanes of at least 4 members (excludes halogenated alkanes) is 26. The van der Waals surface area contributed by atoms with E-state index >= 15 is 0 Å². The minimum absolute atomic E-state index is 0.0202. The van der Waals surface area contributed by atoms with Crippen LogP contribution < -0.4 is 5.73 Å². The highest BCUT2D eigenvalue weighted by Gasteiger charge is 2.27. The maximum absolute atomic E-state index is 12.6. The van der Waals surface area contributed by atoms with E-state index < -0.39 is 45.1 Å². The van der Waals surface area contributed by atoms with Crippen molar-refractivity contribution in [1.29, 1.82) is 0 Å². The second-order valence-electron chi connectivity index (χ2n) is 14.8. The van der Waals surface area contributed by atoms with Gasteiger partial charge in [0.2, 0.25) is 0 Å². The quantitative estimate of drug-likeness (QED) is 0.0236. The maximum atomic E-state index is 12.6. The number of carbonyl (C=O) groups excluding carboxylic acids is 1. The molecule has 53 heavy (non-hydrogen) atoms. The number of carbonyl (C=O) groups is 2. The first-order valence-corrected chi connectivity index (χ1v) is 23.2. The molecule has 0 aliphatic carbocycles. The van der Waals surface area contributed by atoms with Crippen LogP contribution in [-0.4, -0.2) is 60.5 Å². The van der Waals surface area contributed by atoms with Crippen molar-refractivity contribution in [2.45, 2.75) is 219 Å².